The van der Waals surface area contributed by atoms with Crippen LogP contribution in [0.2, 0.25) is 0 Å². The van der Waals surface area contributed by atoms with Crippen LogP contribution in [-0.2, 0) is 9.59 Å². The minimum absolute atomic E-state index is 0.0730. The molecule has 110 valence electrons. The molecule has 0 aromatic rings. The number of hydrogen-bond acceptors (Lipinski definition) is 2. The summed E-state index contributed by atoms with van der Waals surface area (Å²) in [5.41, 5.74) is 0. The maximum absolute atomic E-state index is 12.3. The van der Waals surface area contributed by atoms with Gasteiger partial charge in [-0.1, -0.05) is 33.6 Å². The van der Waals surface area contributed by atoms with Crippen LogP contribution in [0, 0.1) is 23.7 Å². The number of carbonyl (C=O) groups is 2. The van der Waals surface area contributed by atoms with E-state index in [2.05, 4.69) is 26.1 Å². The van der Waals surface area contributed by atoms with E-state index in [0.29, 0.717) is 24.7 Å². The van der Waals surface area contributed by atoms with Crippen molar-refractivity contribution in [1.29, 1.82) is 0 Å². The highest BCUT2D eigenvalue weighted by Gasteiger charge is 2.42. The molecule has 5 atom stereocenters. The molecule has 0 spiro atoms. The van der Waals surface area contributed by atoms with Crippen LogP contribution in [0.4, 0.5) is 0 Å². The fourth-order valence-electron chi connectivity index (χ4n) is 2.87. The lowest BCUT2D eigenvalue weighted by Crippen LogP contribution is -2.42. The van der Waals surface area contributed by atoms with E-state index in [4.69, 9.17) is 0 Å². The fraction of sp³-hybridized carbons (Fsp3) is 0.867. The van der Waals surface area contributed by atoms with E-state index in [-0.39, 0.29) is 17.9 Å². The van der Waals surface area contributed by atoms with Crippen molar-refractivity contribution >= 4 is 11.9 Å². The van der Waals surface area contributed by atoms with Gasteiger partial charge in [-0.3, -0.25) is 9.59 Å². The van der Waals surface area contributed by atoms with Crippen LogP contribution in [0.15, 0.2) is 0 Å². The highest BCUT2D eigenvalue weighted by Crippen LogP contribution is 2.38. The SMILES string of the molecule is CCC1C[C@H](C(=O)NC(C)C(C)CC)[C@H](C(=O)O)C1. The van der Waals surface area contributed by atoms with Crippen LogP contribution in [0.25, 0.3) is 0 Å². The molecule has 1 fully saturated rings. The summed E-state index contributed by atoms with van der Waals surface area (Å²) in [7, 11) is 0. The van der Waals surface area contributed by atoms with Crippen molar-refractivity contribution in [3.8, 4) is 0 Å². The van der Waals surface area contributed by atoms with Crippen LogP contribution in [0.1, 0.15) is 53.4 Å². The van der Waals surface area contributed by atoms with Gasteiger partial charge in [-0.15, -0.1) is 0 Å². The smallest absolute Gasteiger partial charge is 0.307 e. The molecular weight excluding hydrogens is 242 g/mol. The number of rotatable bonds is 6. The first kappa shape index (κ1) is 16.0. The van der Waals surface area contributed by atoms with E-state index in [9.17, 15) is 14.7 Å². The largest absolute Gasteiger partial charge is 0.481 e. The van der Waals surface area contributed by atoms with Gasteiger partial charge in [0, 0.05) is 6.04 Å². The van der Waals surface area contributed by atoms with E-state index in [1.807, 2.05) is 6.92 Å². The van der Waals surface area contributed by atoms with Crippen LogP contribution >= 0.6 is 0 Å². The summed E-state index contributed by atoms with van der Waals surface area (Å²) in [5.74, 6) is -0.974. The topological polar surface area (TPSA) is 66.4 Å². The van der Waals surface area contributed by atoms with Gasteiger partial charge >= 0.3 is 5.97 Å². The van der Waals surface area contributed by atoms with Gasteiger partial charge in [0.25, 0.3) is 0 Å². The average Bonchev–Trinajstić information content (AvgIpc) is 2.81. The molecule has 19 heavy (non-hydrogen) atoms. The third-order valence-electron chi connectivity index (χ3n) is 4.76. The summed E-state index contributed by atoms with van der Waals surface area (Å²) >= 11 is 0. The minimum Gasteiger partial charge on any atom is -0.481 e. The molecule has 0 aromatic heterocycles. The third kappa shape index (κ3) is 3.95. The Morgan fingerprint density at radius 3 is 2.26 bits per heavy atom. The Morgan fingerprint density at radius 1 is 1.21 bits per heavy atom. The number of carbonyl (C=O) groups excluding carboxylic acids is 1. The van der Waals surface area contributed by atoms with E-state index in [1.54, 1.807) is 0 Å². The Labute approximate surface area is 116 Å². The first-order chi connectivity index (χ1) is 8.90. The predicted molar refractivity (Wildman–Crippen MR) is 74.7 cm³/mol. The Kier molecular flexibility index (Phi) is 5.83. The minimum atomic E-state index is -0.827. The molecule has 4 heteroatoms. The molecule has 0 radical (unpaired) electrons. The van der Waals surface area contributed by atoms with Crippen LogP contribution in [0.5, 0.6) is 0 Å². The molecule has 4 nitrogen and oxygen atoms in total. The fourth-order valence-corrected chi connectivity index (χ4v) is 2.87. The second-order valence-corrected chi connectivity index (χ2v) is 5.98. The van der Waals surface area contributed by atoms with Crippen LogP contribution < -0.4 is 5.32 Å². The molecule has 1 aliphatic carbocycles. The van der Waals surface area contributed by atoms with Crippen molar-refractivity contribution in [2.45, 2.75) is 59.4 Å². The van der Waals surface area contributed by atoms with Crippen molar-refractivity contribution in [3.63, 3.8) is 0 Å². The van der Waals surface area contributed by atoms with Gasteiger partial charge < -0.3 is 10.4 Å². The molecular formula is C15H27NO3. The van der Waals surface area contributed by atoms with Crippen LogP contribution in [0.3, 0.4) is 0 Å². The molecule has 0 saturated heterocycles. The van der Waals surface area contributed by atoms with Gasteiger partial charge in [-0.05, 0) is 31.6 Å². The van der Waals surface area contributed by atoms with Crippen molar-refractivity contribution in [2.75, 3.05) is 0 Å². The van der Waals surface area contributed by atoms with Gasteiger partial charge in [-0.2, -0.15) is 0 Å². The Morgan fingerprint density at radius 2 is 1.79 bits per heavy atom. The van der Waals surface area contributed by atoms with E-state index >= 15 is 0 Å². The Bertz CT molecular complexity index is 329. The second kappa shape index (κ2) is 6.92. The zero-order chi connectivity index (χ0) is 14.6. The molecule has 0 aliphatic heterocycles. The van der Waals surface area contributed by atoms with Gasteiger partial charge in [-0.25, -0.2) is 0 Å². The van der Waals surface area contributed by atoms with Crippen molar-refractivity contribution in [1.82, 2.24) is 5.32 Å². The maximum atomic E-state index is 12.3. The number of amides is 1. The molecule has 2 N–H and O–H groups in total. The van der Waals surface area contributed by atoms with Crippen molar-refractivity contribution < 1.29 is 14.7 Å². The lowest BCUT2D eigenvalue weighted by atomic mass is 9.93. The molecule has 1 saturated carbocycles. The van der Waals surface area contributed by atoms with Gasteiger partial charge in [0.2, 0.25) is 5.91 Å². The Balaban J connectivity index is 2.66. The van der Waals surface area contributed by atoms with Crippen molar-refractivity contribution in [3.05, 3.63) is 0 Å². The van der Waals surface area contributed by atoms with Crippen LogP contribution in [-0.4, -0.2) is 23.0 Å². The molecule has 0 heterocycles. The molecule has 1 aliphatic rings. The standard InChI is InChI=1S/C15H27NO3/c1-5-9(3)10(4)16-14(17)12-7-11(6-2)8-13(12)15(18)19/h9-13H,5-8H2,1-4H3,(H,16,17)(H,18,19)/t9?,10?,11?,12-,13+/m0/s1. The number of nitrogens with one attached hydrogen (secondary N) is 1. The summed E-state index contributed by atoms with van der Waals surface area (Å²) in [6.07, 6.45) is 3.31. The first-order valence-corrected chi connectivity index (χ1v) is 7.43. The lowest BCUT2D eigenvalue weighted by molar-refractivity contribution is -0.146. The monoisotopic (exact) mass is 269 g/mol. The third-order valence-corrected chi connectivity index (χ3v) is 4.76. The van der Waals surface area contributed by atoms with Gasteiger partial charge in [0.05, 0.1) is 11.8 Å². The number of aliphatic carboxylic acids is 1. The highest BCUT2D eigenvalue weighted by atomic mass is 16.4. The summed E-state index contributed by atoms with van der Waals surface area (Å²) in [5, 5.41) is 12.3. The number of carboxylic acid groups (broad SMARTS) is 1. The summed E-state index contributed by atoms with van der Waals surface area (Å²) in [4.78, 5) is 23.6. The second-order valence-electron chi connectivity index (χ2n) is 5.98. The zero-order valence-corrected chi connectivity index (χ0v) is 12.5. The number of hydrogen-bond donors (Lipinski definition) is 2. The maximum Gasteiger partial charge on any atom is 0.307 e. The molecule has 1 rings (SSSR count). The normalized spacial score (nSPS) is 29.8. The summed E-state index contributed by atoms with van der Waals surface area (Å²) in [6.45, 7) is 8.25. The van der Waals surface area contributed by atoms with E-state index in [0.717, 1.165) is 12.8 Å². The number of carboxylic acids is 1. The van der Waals surface area contributed by atoms with Gasteiger partial charge in [0.15, 0.2) is 0 Å². The van der Waals surface area contributed by atoms with E-state index < -0.39 is 11.9 Å². The van der Waals surface area contributed by atoms with Crippen molar-refractivity contribution in [2.24, 2.45) is 23.7 Å². The predicted octanol–water partition coefficient (Wildman–Crippen LogP) is 2.67. The molecule has 0 aromatic carbocycles. The van der Waals surface area contributed by atoms with E-state index in [1.165, 1.54) is 0 Å². The molecule has 3 unspecified atom stereocenters. The first-order valence-electron chi connectivity index (χ1n) is 7.43. The quantitative estimate of drug-likeness (QED) is 0.779. The zero-order valence-electron chi connectivity index (χ0n) is 12.5. The molecule has 1 amide bonds. The lowest BCUT2D eigenvalue weighted by Gasteiger charge is -2.23. The summed E-state index contributed by atoms with van der Waals surface area (Å²) < 4.78 is 0. The summed E-state index contributed by atoms with van der Waals surface area (Å²) in [6, 6.07) is 0.104. The van der Waals surface area contributed by atoms with Gasteiger partial charge in [0.1, 0.15) is 0 Å². The Hall–Kier alpha value is -1.06. The highest BCUT2D eigenvalue weighted by molar-refractivity contribution is 5.85. The average molecular weight is 269 g/mol. The molecule has 0 bridgehead atoms.